The van der Waals surface area contributed by atoms with E-state index in [1.54, 1.807) is 23.9 Å². The number of carbonyl (C=O) groups is 1. The second kappa shape index (κ2) is 6.83. The number of hydrogen-bond acceptors (Lipinski definition) is 6. The number of carbonyl (C=O) groups excluding carboxylic acids is 1. The lowest BCUT2D eigenvalue weighted by atomic mass is 10.3. The molecule has 1 saturated heterocycles. The lowest BCUT2D eigenvalue weighted by Gasteiger charge is -2.24. The van der Waals surface area contributed by atoms with Gasteiger partial charge in [-0.1, -0.05) is 0 Å². The molecule has 4 N–H and O–H groups in total. The van der Waals surface area contributed by atoms with Crippen LogP contribution in [0.25, 0.3) is 0 Å². The van der Waals surface area contributed by atoms with Crippen LogP contribution in [0.15, 0.2) is 35.5 Å². The molecule has 3 rings (SSSR count). The first-order valence-corrected chi connectivity index (χ1v) is 9.85. The molecule has 1 fully saturated rings. The van der Waals surface area contributed by atoms with Crippen LogP contribution < -0.4 is 11.1 Å². The summed E-state index contributed by atoms with van der Waals surface area (Å²) in [5.74, 6) is 1.46. The average molecular weight is 367 g/mol. The van der Waals surface area contributed by atoms with Gasteiger partial charge in [0.05, 0.1) is 11.9 Å². The van der Waals surface area contributed by atoms with Crippen LogP contribution in [-0.2, 0) is 10.0 Å². The molecular weight excluding hydrogens is 350 g/mol. The van der Waals surface area contributed by atoms with Gasteiger partial charge in [-0.05, 0) is 18.2 Å². The van der Waals surface area contributed by atoms with E-state index >= 15 is 0 Å². The molecule has 24 heavy (non-hydrogen) atoms. The molecule has 10 heteroatoms. The van der Waals surface area contributed by atoms with E-state index in [0.717, 1.165) is 11.5 Å². The molecular formula is C14H17N5O3S2. The van der Waals surface area contributed by atoms with Crippen LogP contribution in [0.5, 0.6) is 0 Å². The summed E-state index contributed by atoms with van der Waals surface area (Å²) >= 11 is 1.73. The van der Waals surface area contributed by atoms with Gasteiger partial charge in [-0.15, -0.1) is 0 Å². The van der Waals surface area contributed by atoms with E-state index in [1.807, 2.05) is 0 Å². The van der Waals surface area contributed by atoms with Crippen molar-refractivity contribution in [3.63, 3.8) is 0 Å². The van der Waals surface area contributed by atoms with Crippen LogP contribution in [0, 0.1) is 0 Å². The third kappa shape index (κ3) is 3.55. The summed E-state index contributed by atoms with van der Waals surface area (Å²) in [5.41, 5.74) is 6.12. The minimum atomic E-state index is -3.57. The summed E-state index contributed by atoms with van der Waals surface area (Å²) < 4.78 is 26.6. The highest BCUT2D eigenvalue weighted by molar-refractivity contribution is 7.99. The Hall–Kier alpha value is -2.04. The summed E-state index contributed by atoms with van der Waals surface area (Å²) in [6.45, 7) is 0.966. The number of amides is 1. The summed E-state index contributed by atoms with van der Waals surface area (Å²) in [6, 6.07) is 4.53. The van der Waals surface area contributed by atoms with Gasteiger partial charge in [0.25, 0.3) is 5.91 Å². The fourth-order valence-electron chi connectivity index (χ4n) is 2.27. The number of sulfonamides is 1. The Kier molecular flexibility index (Phi) is 4.78. The number of nitrogens with zero attached hydrogens (tertiary/aromatic N) is 2. The Morgan fingerprint density at radius 3 is 2.75 bits per heavy atom. The van der Waals surface area contributed by atoms with Crippen LogP contribution in [0.2, 0.25) is 0 Å². The second-order valence-corrected chi connectivity index (χ2v) is 8.35. The molecule has 0 saturated carbocycles. The lowest BCUT2D eigenvalue weighted by Crippen LogP contribution is -2.37. The molecule has 0 aromatic carbocycles. The number of aromatic amines is 1. The normalized spacial score (nSPS) is 16.0. The third-order valence-corrected chi connectivity index (χ3v) is 6.37. The number of rotatable bonds is 4. The zero-order valence-electron chi connectivity index (χ0n) is 12.7. The van der Waals surface area contributed by atoms with Gasteiger partial charge in [0.1, 0.15) is 16.4 Å². The number of H-pyrrole nitrogens is 1. The molecule has 0 aliphatic carbocycles. The highest BCUT2D eigenvalue weighted by Crippen LogP contribution is 2.21. The third-order valence-electron chi connectivity index (χ3n) is 3.55. The first-order valence-electron chi connectivity index (χ1n) is 7.26. The predicted octanol–water partition coefficient (Wildman–Crippen LogP) is 0.982. The topological polar surface area (TPSA) is 121 Å². The zero-order chi connectivity index (χ0) is 17.2. The zero-order valence-corrected chi connectivity index (χ0v) is 14.4. The molecule has 8 nitrogen and oxygen atoms in total. The quantitative estimate of drug-likeness (QED) is 0.741. The van der Waals surface area contributed by atoms with Crippen molar-refractivity contribution in [3.8, 4) is 0 Å². The Balaban J connectivity index is 1.74. The molecule has 2 aromatic rings. The smallest absolute Gasteiger partial charge is 0.272 e. The molecule has 0 unspecified atom stereocenters. The minimum Gasteiger partial charge on any atom is -0.384 e. The maximum atomic E-state index is 12.6. The second-order valence-electron chi connectivity index (χ2n) is 5.19. The fourth-order valence-corrected chi connectivity index (χ4v) is 4.84. The average Bonchev–Trinajstić information content (AvgIpc) is 3.09. The van der Waals surface area contributed by atoms with Crippen LogP contribution in [0.1, 0.15) is 10.5 Å². The van der Waals surface area contributed by atoms with Crippen molar-refractivity contribution in [2.24, 2.45) is 0 Å². The van der Waals surface area contributed by atoms with Crippen molar-refractivity contribution in [2.75, 3.05) is 35.6 Å². The summed E-state index contributed by atoms with van der Waals surface area (Å²) in [6.07, 6.45) is 2.77. The van der Waals surface area contributed by atoms with Crippen LogP contribution in [-0.4, -0.2) is 53.2 Å². The number of anilines is 2. The van der Waals surface area contributed by atoms with Crippen molar-refractivity contribution >= 4 is 39.2 Å². The van der Waals surface area contributed by atoms with Gasteiger partial charge in [0, 0.05) is 30.8 Å². The van der Waals surface area contributed by atoms with Crippen molar-refractivity contribution in [3.05, 3.63) is 36.3 Å². The van der Waals surface area contributed by atoms with E-state index in [4.69, 9.17) is 5.73 Å². The van der Waals surface area contributed by atoms with Crippen molar-refractivity contribution < 1.29 is 13.2 Å². The van der Waals surface area contributed by atoms with Gasteiger partial charge in [-0.3, -0.25) is 4.79 Å². The maximum Gasteiger partial charge on any atom is 0.272 e. The molecule has 0 spiro atoms. The molecule has 1 aliphatic rings. The van der Waals surface area contributed by atoms with Gasteiger partial charge >= 0.3 is 0 Å². The Morgan fingerprint density at radius 1 is 1.33 bits per heavy atom. The Bertz CT molecular complexity index is 826. The van der Waals surface area contributed by atoms with Gasteiger partial charge in [0.15, 0.2) is 0 Å². The molecule has 1 aliphatic heterocycles. The predicted molar refractivity (Wildman–Crippen MR) is 93.5 cm³/mol. The van der Waals surface area contributed by atoms with Crippen molar-refractivity contribution in [2.45, 2.75) is 4.90 Å². The number of nitrogens with one attached hydrogen (secondary N) is 2. The molecule has 0 radical (unpaired) electrons. The number of pyridine rings is 1. The largest absolute Gasteiger partial charge is 0.384 e. The van der Waals surface area contributed by atoms with Crippen LogP contribution in [0.4, 0.5) is 11.5 Å². The molecule has 0 bridgehead atoms. The first-order chi connectivity index (χ1) is 11.5. The molecule has 2 aromatic heterocycles. The SMILES string of the molecule is Nc1ccc(NC(=O)c2cc(S(=O)(=O)N3CCSCC3)c[nH]2)cn1. The summed E-state index contributed by atoms with van der Waals surface area (Å²) in [7, 11) is -3.57. The van der Waals surface area contributed by atoms with E-state index in [9.17, 15) is 13.2 Å². The number of nitrogen functional groups attached to an aromatic ring is 1. The number of thioether (sulfide) groups is 1. The lowest BCUT2D eigenvalue weighted by molar-refractivity contribution is 0.102. The van der Waals surface area contributed by atoms with E-state index in [2.05, 4.69) is 15.3 Å². The molecule has 3 heterocycles. The van der Waals surface area contributed by atoms with E-state index < -0.39 is 15.9 Å². The van der Waals surface area contributed by atoms with Crippen LogP contribution in [0.3, 0.4) is 0 Å². The van der Waals surface area contributed by atoms with E-state index in [0.29, 0.717) is 24.6 Å². The molecule has 1 amide bonds. The van der Waals surface area contributed by atoms with Gasteiger partial charge < -0.3 is 16.0 Å². The standard InChI is InChI=1S/C14H17N5O3S2/c15-13-2-1-10(8-17-13)18-14(20)12-7-11(9-16-12)24(21,22)19-3-5-23-6-4-19/h1-2,7-9,16H,3-6H2,(H2,15,17)(H,18,20). The number of nitrogens with two attached hydrogens (primary N) is 1. The Morgan fingerprint density at radius 2 is 2.08 bits per heavy atom. The Labute approximate surface area is 143 Å². The number of hydrogen-bond donors (Lipinski definition) is 3. The highest BCUT2D eigenvalue weighted by Gasteiger charge is 2.27. The van der Waals surface area contributed by atoms with E-state index in [1.165, 1.54) is 22.8 Å². The highest BCUT2D eigenvalue weighted by atomic mass is 32.2. The van der Waals surface area contributed by atoms with E-state index in [-0.39, 0.29) is 10.6 Å². The van der Waals surface area contributed by atoms with Crippen LogP contribution >= 0.6 is 11.8 Å². The van der Waals surface area contributed by atoms with Crippen molar-refractivity contribution in [1.29, 1.82) is 0 Å². The first kappa shape index (κ1) is 16.8. The number of aromatic nitrogens is 2. The fraction of sp³-hybridized carbons (Fsp3) is 0.286. The maximum absolute atomic E-state index is 12.6. The molecule has 0 atom stereocenters. The van der Waals surface area contributed by atoms with Gasteiger partial charge in [-0.2, -0.15) is 16.1 Å². The van der Waals surface area contributed by atoms with Gasteiger partial charge in [-0.25, -0.2) is 13.4 Å². The summed E-state index contributed by atoms with van der Waals surface area (Å²) in [4.78, 5) is 18.9. The van der Waals surface area contributed by atoms with Gasteiger partial charge in [0.2, 0.25) is 10.0 Å². The summed E-state index contributed by atoms with van der Waals surface area (Å²) in [5, 5.41) is 2.63. The van der Waals surface area contributed by atoms with Crippen molar-refractivity contribution in [1.82, 2.24) is 14.3 Å². The molecule has 128 valence electrons. The monoisotopic (exact) mass is 367 g/mol. The minimum absolute atomic E-state index is 0.0926.